The summed E-state index contributed by atoms with van der Waals surface area (Å²) in [5.41, 5.74) is 1.10. The van der Waals surface area contributed by atoms with Gasteiger partial charge in [-0.1, -0.05) is 6.07 Å². The Balaban J connectivity index is 1.66. The molecule has 1 aliphatic rings. The molecule has 1 fully saturated rings. The number of hydrogen-bond donors (Lipinski definition) is 2. The monoisotopic (exact) mass is 316 g/mol. The first-order chi connectivity index (χ1) is 10.7. The molecule has 1 aliphatic heterocycles. The van der Waals surface area contributed by atoms with Crippen molar-refractivity contribution in [1.82, 2.24) is 0 Å². The highest BCUT2D eigenvalue weighted by Gasteiger charge is 2.23. The number of thiophene rings is 1. The van der Waals surface area contributed by atoms with Gasteiger partial charge >= 0.3 is 0 Å². The third-order valence-corrected chi connectivity index (χ3v) is 4.16. The quantitative estimate of drug-likeness (QED) is 0.910. The summed E-state index contributed by atoms with van der Waals surface area (Å²) in [5, 5.41) is 8.30. The first-order valence-corrected chi connectivity index (χ1v) is 7.98. The van der Waals surface area contributed by atoms with Crippen LogP contribution in [0.4, 0.5) is 10.7 Å². The number of nitrogens with one attached hydrogen (secondary N) is 2. The van der Waals surface area contributed by atoms with E-state index in [2.05, 4.69) is 10.6 Å². The summed E-state index contributed by atoms with van der Waals surface area (Å²) in [6.45, 7) is 0.626. The molecule has 114 valence electrons. The summed E-state index contributed by atoms with van der Waals surface area (Å²) in [4.78, 5) is 24.2. The number of carbonyl (C=O) groups excluding carboxylic acids is 2. The molecule has 2 N–H and O–H groups in total. The smallest absolute Gasteiger partial charge is 0.256 e. The molecule has 1 saturated heterocycles. The summed E-state index contributed by atoms with van der Waals surface area (Å²) in [7, 11) is 0. The molecule has 1 atom stereocenters. The van der Waals surface area contributed by atoms with Crippen LogP contribution in [-0.4, -0.2) is 24.5 Å². The van der Waals surface area contributed by atoms with Gasteiger partial charge in [-0.3, -0.25) is 9.59 Å². The molecule has 3 rings (SSSR count). The molecule has 2 aromatic rings. The predicted octanol–water partition coefficient (Wildman–Crippen LogP) is 3.12. The van der Waals surface area contributed by atoms with Crippen molar-refractivity contribution >= 4 is 33.8 Å². The van der Waals surface area contributed by atoms with Crippen LogP contribution in [0.3, 0.4) is 0 Å². The lowest BCUT2D eigenvalue weighted by molar-refractivity contribution is -0.124. The topological polar surface area (TPSA) is 67.4 Å². The number of ether oxygens (including phenoxy) is 1. The Morgan fingerprint density at radius 1 is 1.18 bits per heavy atom. The minimum Gasteiger partial charge on any atom is -0.368 e. The molecular weight excluding hydrogens is 300 g/mol. The Morgan fingerprint density at radius 2 is 2.09 bits per heavy atom. The number of rotatable bonds is 4. The number of carbonyl (C=O) groups is 2. The maximum Gasteiger partial charge on any atom is 0.256 e. The van der Waals surface area contributed by atoms with E-state index in [1.54, 1.807) is 24.3 Å². The molecule has 22 heavy (non-hydrogen) atoms. The largest absolute Gasteiger partial charge is 0.368 e. The van der Waals surface area contributed by atoms with E-state index in [-0.39, 0.29) is 17.9 Å². The molecule has 2 heterocycles. The van der Waals surface area contributed by atoms with Crippen LogP contribution in [0.2, 0.25) is 0 Å². The van der Waals surface area contributed by atoms with Crippen LogP contribution in [-0.2, 0) is 9.53 Å². The van der Waals surface area contributed by atoms with Gasteiger partial charge in [0.2, 0.25) is 0 Å². The maximum absolute atomic E-state index is 12.2. The molecule has 0 saturated carbocycles. The Morgan fingerprint density at radius 3 is 2.82 bits per heavy atom. The van der Waals surface area contributed by atoms with E-state index >= 15 is 0 Å². The first kappa shape index (κ1) is 14.7. The van der Waals surface area contributed by atoms with Crippen molar-refractivity contribution in [3.63, 3.8) is 0 Å². The summed E-state index contributed by atoms with van der Waals surface area (Å²) >= 11 is 1.46. The summed E-state index contributed by atoms with van der Waals surface area (Å²) in [6.07, 6.45) is 1.26. The molecule has 0 bridgehead atoms. The molecule has 5 nitrogen and oxygen atoms in total. The minimum atomic E-state index is -0.386. The van der Waals surface area contributed by atoms with Gasteiger partial charge in [-0.15, -0.1) is 11.3 Å². The van der Waals surface area contributed by atoms with Crippen molar-refractivity contribution in [3.05, 3.63) is 47.3 Å². The lowest BCUT2D eigenvalue weighted by Crippen LogP contribution is -2.27. The lowest BCUT2D eigenvalue weighted by atomic mass is 10.1. The fraction of sp³-hybridized carbons (Fsp3) is 0.250. The van der Waals surface area contributed by atoms with E-state index in [0.29, 0.717) is 17.9 Å². The standard InChI is InChI=1S/C16H16N2O3S/c19-15(18-14-7-3-9-22-14)11-4-1-5-12(10-11)17-16(20)13-6-2-8-21-13/h1,3-5,7,9-10,13H,2,6,8H2,(H,17,20)(H,18,19). The molecule has 1 aromatic heterocycles. The van der Waals surface area contributed by atoms with Crippen molar-refractivity contribution in [2.24, 2.45) is 0 Å². The third kappa shape index (κ3) is 3.52. The van der Waals surface area contributed by atoms with Gasteiger partial charge in [0.1, 0.15) is 6.10 Å². The first-order valence-electron chi connectivity index (χ1n) is 7.10. The summed E-state index contributed by atoms with van der Waals surface area (Å²) in [5.74, 6) is -0.357. The maximum atomic E-state index is 12.2. The van der Waals surface area contributed by atoms with Gasteiger partial charge in [0.25, 0.3) is 11.8 Å². The predicted molar refractivity (Wildman–Crippen MR) is 86.3 cm³/mol. The van der Waals surface area contributed by atoms with E-state index in [9.17, 15) is 9.59 Å². The highest BCUT2D eigenvalue weighted by atomic mass is 32.1. The van der Waals surface area contributed by atoms with Gasteiger partial charge in [-0.25, -0.2) is 0 Å². The number of amides is 2. The highest BCUT2D eigenvalue weighted by molar-refractivity contribution is 7.14. The summed E-state index contributed by atoms with van der Waals surface area (Å²) < 4.78 is 5.34. The van der Waals surface area contributed by atoms with Crippen molar-refractivity contribution in [3.8, 4) is 0 Å². The van der Waals surface area contributed by atoms with Crippen molar-refractivity contribution in [2.45, 2.75) is 18.9 Å². The van der Waals surface area contributed by atoms with Gasteiger partial charge in [-0.2, -0.15) is 0 Å². The summed E-state index contributed by atoms with van der Waals surface area (Å²) in [6, 6.07) is 10.6. The molecule has 6 heteroatoms. The number of anilines is 2. The van der Waals surface area contributed by atoms with Crippen LogP contribution in [0.15, 0.2) is 41.8 Å². The normalized spacial score (nSPS) is 17.2. The van der Waals surface area contributed by atoms with Crippen LogP contribution in [0.5, 0.6) is 0 Å². The van der Waals surface area contributed by atoms with Crippen LogP contribution in [0.25, 0.3) is 0 Å². The SMILES string of the molecule is O=C(Nc1cccs1)c1cccc(NC(=O)C2CCCO2)c1. The molecule has 1 unspecified atom stereocenters. The van der Waals surface area contributed by atoms with E-state index in [1.807, 2.05) is 17.5 Å². The Labute approximate surface area is 132 Å². The highest BCUT2D eigenvalue weighted by Crippen LogP contribution is 2.19. The van der Waals surface area contributed by atoms with Gasteiger partial charge in [-0.05, 0) is 48.6 Å². The second-order valence-electron chi connectivity index (χ2n) is 5.00. The van der Waals surface area contributed by atoms with Crippen molar-refractivity contribution in [2.75, 3.05) is 17.2 Å². The second kappa shape index (κ2) is 6.72. The Hall–Kier alpha value is -2.18. The number of hydrogen-bond acceptors (Lipinski definition) is 4. The van der Waals surface area contributed by atoms with Gasteiger partial charge in [0.15, 0.2) is 0 Å². The lowest BCUT2D eigenvalue weighted by Gasteiger charge is -2.11. The van der Waals surface area contributed by atoms with E-state index in [4.69, 9.17) is 4.74 Å². The molecular formula is C16H16N2O3S. The second-order valence-corrected chi connectivity index (χ2v) is 5.95. The van der Waals surface area contributed by atoms with Crippen molar-refractivity contribution in [1.29, 1.82) is 0 Å². The molecule has 0 aliphatic carbocycles. The van der Waals surface area contributed by atoms with Gasteiger partial charge in [0.05, 0.1) is 5.00 Å². The average molecular weight is 316 g/mol. The van der Waals surface area contributed by atoms with E-state index in [1.165, 1.54) is 11.3 Å². The van der Waals surface area contributed by atoms with E-state index < -0.39 is 0 Å². The average Bonchev–Trinajstić information content (AvgIpc) is 3.21. The molecule has 0 spiro atoms. The zero-order valence-electron chi connectivity index (χ0n) is 11.9. The van der Waals surface area contributed by atoms with Crippen LogP contribution in [0.1, 0.15) is 23.2 Å². The van der Waals surface area contributed by atoms with Gasteiger partial charge < -0.3 is 15.4 Å². The van der Waals surface area contributed by atoms with Gasteiger partial charge in [0, 0.05) is 17.9 Å². The minimum absolute atomic E-state index is 0.159. The number of benzene rings is 1. The van der Waals surface area contributed by atoms with Crippen LogP contribution in [0, 0.1) is 0 Å². The fourth-order valence-corrected chi connectivity index (χ4v) is 2.89. The fourth-order valence-electron chi connectivity index (χ4n) is 2.28. The van der Waals surface area contributed by atoms with Crippen LogP contribution >= 0.6 is 11.3 Å². The molecule has 2 amide bonds. The van der Waals surface area contributed by atoms with Crippen LogP contribution < -0.4 is 10.6 Å². The zero-order valence-corrected chi connectivity index (χ0v) is 12.7. The molecule has 0 radical (unpaired) electrons. The third-order valence-electron chi connectivity index (χ3n) is 3.37. The van der Waals surface area contributed by atoms with E-state index in [0.717, 1.165) is 17.8 Å². The Bertz CT molecular complexity index is 664. The molecule has 1 aromatic carbocycles. The zero-order chi connectivity index (χ0) is 15.4. The van der Waals surface area contributed by atoms with Crippen molar-refractivity contribution < 1.29 is 14.3 Å². The Kier molecular flexibility index (Phi) is 4.50.